The van der Waals surface area contributed by atoms with Gasteiger partial charge >= 0.3 is 6.03 Å². The van der Waals surface area contributed by atoms with E-state index in [9.17, 15) is 14.0 Å². The summed E-state index contributed by atoms with van der Waals surface area (Å²) in [5.41, 5.74) is 1.16. The highest BCUT2D eigenvalue weighted by Gasteiger charge is 2.41. The first kappa shape index (κ1) is 13.2. The predicted octanol–water partition coefficient (Wildman–Crippen LogP) is 1.13. The first-order chi connectivity index (χ1) is 9.60. The van der Waals surface area contributed by atoms with E-state index in [1.165, 1.54) is 0 Å². The van der Waals surface area contributed by atoms with Crippen LogP contribution in [0.25, 0.3) is 0 Å². The molecule has 3 atom stereocenters. The minimum Gasteiger partial charge on any atom is -0.337 e. The lowest BCUT2D eigenvalue weighted by molar-refractivity contribution is -0.122. The van der Waals surface area contributed by atoms with Gasteiger partial charge in [-0.25, -0.2) is 4.79 Å². The minimum absolute atomic E-state index is 0.0237. The topological polar surface area (TPSA) is 84.0 Å². The molecule has 1 aromatic heterocycles. The van der Waals surface area contributed by atoms with Gasteiger partial charge in [-0.05, 0) is 29.9 Å². The average Bonchev–Trinajstić information content (AvgIpc) is 3.19. The largest absolute Gasteiger partial charge is 0.337 e. The number of imide groups is 1. The van der Waals surface area contributed by atoms with E-state index in [1.54, 1.807) is 6.07 Å². The number of amides is 3. The molecule has 0 bridgehead atoms. The Balaban J connectivity index is 1.86. The molecule has 2 fully saturated rings. The van der Waals surface area contributed by atoms with Crippen LogP contribution in [0.4, 0.5) is 9.18 Å². The van der Waals surface area contributed by atoms with Gasteiger partial charge in [0.15, 0.2) is 5.15 Å². The Labute approximate surface area is 119 Å². The Hall–Kier alpha value is -1.76. The molecular formula is C12H12ClFN4O2. The van der Waals surface area contributed by atoms with Crippen LogP contribution in [0.5, 0.6) is 0 Å². The molecule has 1 saturated heterocycles. The van der Waals surface area contributed by atoms with Crippen LogP contribution in [0.2, 0.25) is 5.15 Å². The maximum atomic E-state index is 12.6. The molecule has 1 aliphatic heterocycles. The first-order valence-electron chi connectivity index (χ1n) is 6.27. The zero-order chi connectivity index (χ0) is 14.3. The van der Waals surface area contributed by atoms with Crippen LogP contribution in [0.3, 0.4) is 0 Å². The fraction of sp³-hybridized carbons (Fsp3) is 0.500. The second-order valence-electron chi connectivity index (χ2n) is 5.02. The van der Waals surface area contributed by atoms with Crippen LogP contribution >= 0.6 is 11.6 Å². The average molecular weight is 299 g/mol. The van der Waals surface area contributed by atoms with Crippen LogP contribution in [-0.4, -0.2) is 35.4 Å². The molecule has 106 valence electrons. The lowest BCUT2D eigenvalue weighted by atomic mass is 10.0. The Morgan fingerprint density at radius 1 is 1.40 bits per heavy atom. The standard InChI is InChI=1S/C12H12ClFN4O2/c13-10-7(6-1-5(6)3-14)2-9(17-18-10)8-4-15-12(20)16-11(8)19/h2,5-6,8H,1,3-4H2,(H2,15,16,19,20)/t5-,6+,8?/m1/s1. The Morgan fingerprint density at radius 2 is 2.20 bits per heavy atom. The number of nitrogens with zero attached hydrogens (tertiary/aromatic N) is 2. The zero-order valence-electron chi connectivity index (χ0n) is 10.4. The third-order valence-corrected chi connectivity index (χ3v) is 3.99. The van der Waals surface area contributed by atoms with Crippen molar-refractivity contribution in [2.24, 2.45) is 5.92 Å². The second kappa shape index (κ2) is 4.97. The van der Waals surface area contributed by atoms with Crippen molar-refractivity contribution in [3.05, 3.63) is 22.5 Å². The number of nitrogens with one attached hydrogen (secondary N) is 2. The summed E-state index contributed by atoms with van der Waals surface area (Å²) in [4.78, 5) is 22.8. The quantitative estimate of drug-likeness (QED) is 0.876. The normalized spacial score (nSPS) is 28.8. The number of carbonyl (C=O) groups excluding carboxylic acids is 2. The molecule has 1 saturated carbocycles. The second-order valence-corrected chi connectivity index (χ2v) is 5.38. The number of carbonyl (C=O) groups is 2. The van der Waals surface area contributed by atoms with Crippen molar-refractivity contribution in [3.63, 3.8) is 0 Å². The van der Waals surface area contributed by atoms with Crippen LogP contribution in [0, 0.1) is 5.92 Å². The van der Waals surface area contributed by atoms with Gasteiger partial charge in [0.05, 0.1) is 18.3 Å². The highest BCUT2D eigenvalue weighted by atomic mass is 35.5. The lowest BCUT2D eigenvalue weighted by Crippen LogP contribution is -2.51. The van der Waals surface area contributed by atoms with Gasteiger partial charge in [-0.3, -0.25) is 14.5 Å². The fourth-order valence-electron chi connectivity index (χ4n) is 2.41. The number of aromatic nitrogens is 2. The van der Waals surface area contributed by atoms with E-state index in [2.05, 4.69) is 20.8 Å². The molecule has 3 amide bonds. The molecule has 6 nitrogen and oxygen atoms in total. The predicted molar refractivity (Wildman–Crippen MR) is 68.1 cm³/mol. The fourth-order valence-corrected chi connectivity index (χ4v) is 2.64. The monoisotopic (exact) mass is 298 g/mol. The molecule has 2 aliphatic rings. The number of halogens is 2. The van der Waals surface area contributed by atoms with Crippen molar-refractivity contribution in [1.82, 2.24) is 20.8 Å². The maximum absolute atomic E-state index is 12.6. The maximum Gasteiger partial charge on any atom is 0.321 e. The highest BCUT2D eigenvalue weighted by Crippen LogP contribution is 2.49. The molecule has 20 heavy (non-hydrogen) atoms. The van der Waals surface area contributed by atoms with Crippen molar-refractivity contribution in [3.8, 4) is 0 Å². The molecule has 1 unspecified atom stereocenters. The van der Waals surface area contributed by atoms with Gasteiger partial charge < -0.3 is 5.32 Å². The first-order valence-corrected chi connectivity index (χ1v) is 6.65. The molecule has 8 heteroatoms. The van der Waals surface area contributed by atoms with Crippen LogP contribution < -0.4 is 10.6 Å². The van der Waals surface area contributed by atoms with E-state index in [0.29, 0.717) is 5.69 Å². The summed E-state index contributed by atoms with van der Waals surface area (Å²) in [5.74, 6) is -1.000. The molecule has 0 radical (unpaired) electrons. The van der Waals surface area contributed by atoms with Gasteiger partial charge in [0, 0.05) is 6.54 Å². The summed E-state index contributed by atoms with van der Waals surface area (Å²) >= 11 is 5.99. The van der Waals surface area contributed by atoms with Crippen molar-refractivity contribution in [2.75, 3.05) is 13.2 Å². The lowest BCUT2D eigenvalue weighted by Gasteiger charge is -2.21. The van der Waals surface area contributed by atoms with Gasteiger partial charge in [0.2, 0.25) is 5.91 Å². The SMILES string of the molecule is O=C1NCC(c2cc([C@H]3C[C@@H]3CF)c(Cl)nn2)C(=O)N1. The van der Waals surface area contributed by atoms with E-state index in [4.69, 9.17) is 11.6 Å². The number of alkyl halides is 1. The van der Waals surface area contributed by atoms with E-state index >= 15 is 0 Å². The molecule has 2 N–H and O–H groups in total. The summed E-state index contributed by atoms with van der Waals surface area (Å²) in [7, 11) is 0. The summed E-state index contributed by atoms with van der Waals surface area (Å²) in [6, 6.07) is 1.17. The van der Waals surface area contributed by atoms with Gasteiger partial charge in [-0.15, -0.1) is 5.10 Å². The van der Waals surface area contributed by atoms with Crippen LogP contribution in [0.15, 0.2) is 6.07 Å². The van der Waals surface area contributed by atoms with Crippen LogP contribution in [0.1, 0.15) is 29.5 Å². The molecule has 2 heterocycles. The Bertz CT molecular complexity index is 583. The summed E-state index contributed by atoms with van der Waals surface area (Å²) in [6.07, 6.45) is 0.731. The number of hydrogen-bond donors (Lipinski definition) is 2. The van der Waals surface area contributed by atoms with Gasteiger partial charge in [-0.2, -0.15) is 5.10 Å². The Morgan fingerprint density at radius 3 is 2.85 bits per heavy atom. The van der Waals surface area contributed by atoms with E-state index in [0.717, 1.165) is 12.0 Å². The molecule has 3 rings (SSSR count). The summed E-state index contributed by atoms with van der Waals surface area (Å²) < 4.78 is 12.6. The Kier molecular flexibility index (Phi) is 3.29. The molecule has 1 aromatic rings. The van der Waals surface area contributed by atoms with Crippen molar-refractivity contribution in [2.45, 2.75) is 18.3 Å². The molecule has 0 aromatic carbocycles. The van der Waals surface area contributed by atoms with E-state index in [1.807, 2.05) is 0 Å². The molecule has 1 aliphatic carbocycles. The summed E-state index contributed by atoms with van der Waals surface area (Å²) in [5, 5.41) is 12.7. The van der Waals surface area contributed by atoms with E-state index < -0.39 is 24.5 Å². The summed E-state index contributed by atoms with van der Waals surface area (Å²) in [6.45, 7) is -0.226. The van der Waals surface area contributed by atoms with Gasteiger partial charge in [0.1, 0.15) is 0 Å². The van der Waals surface area contributed by atoms with Crippen molar-refractivity contribution < 1.29 is 14.0 Å². The van der Waals surface area contributed by atoms with E-state index in [-0.39, 0.29) is 23.5 Å². The smallest absolute Gasteiger partial charge is 0.321 e. The molecular weight excluding hydrogens is 287 g/mol. The number of hydrogen-bond acceptors (Lipinski definition) is 4. The van der Waals surface area contributed by atoms with Crippen LogP contribution in [-0.2, 0) is 4.79 Å². The third-order valence-electron chi connectivity index (χ3n) is 3.69. The number of rotatable bonds is 3. The van der Waals surface area contributed by atoms with Crippen molar-refractivity contribution in [1.29, 1.82) is 0 Å². The minimum atomic E-state index is -0.598. The third kappa shape index (κ3) is 2.33. The molecule has 0 spiro atoms. The zero-order valence-corrected chi connectivity index (χ0v) is 11.2. The highest BCUT2D eigenvalue weighted by molar-refractivity contribution is 6.30. The van der Waals surface area contributed by atoms with Gasteiger partial charge in [0.25, 0.3) is 0 Å². The number of urea groups is 1. The van der Waals surface area contributed by atoms with Crippen molar-refractivity contribution >= 4 is 23.5 Å². The van der Waals surface area contributed by atoms with Gasteiger partial charge in [-0.1, -0.05) is 11.6 Å².